The summed E-state index contributed by atoms with van der Waals surface area (Å²) in [5.74, 6) is 1.33. The molecule has 0 unspecified atom stereocenters. The third-order valence-electron chi connectivity index (χ3n) is 2.64. The SMILES string of the molecule is COc1ccc2nc(=O)n(C)c(N)c2c1OC. The van der Waals surface area contributed by atoms with Gasteiger partial charge in [-0.1, -0.05) is 0 Å². The first kappa shape index (κ1) is 11.3. The number of nitrogens with zero attached hydrogens (tertiary/aromatic N) is 2. The number of anilines is 1. The first-order chi connectivity index (χ1) is 8.10. The van der Waals surface area contributed by atoms with E-state index in [2.05, 4.69) is 4.98 Å². The van der Waals surface area contributed by atoms with Gasteiger partial charge in [0.25, 0.3) is 0 Å². The van der Waals surface area contributed by atoms with Crippen molar-refractivity contribution in [3.05, 3.63) is 22.6 Å². The van der Waals surface area contributed by atoms with Crippen LogP contribution in [0.4, 0.5) is 5.82 Å². The van der Waals surface area contributed by atoms with Gasteiger partial charge < -0.3 is 15.2 Å². The molecule has 6 heteroatoms. The van der Waals surface area contributed by atoms with Gasteiger partial charge in [0, 0.05) is 7.05 Å². The Balaban J connectivity index is 2.98. The summed E-state index contributed by atoms with van der Waals surface area (Å²) in [6.45, 7) is 0. The molecule has 0 amide bonds. The fraction of sp³-hybridized carbons (Fsp3) is 0.273. The molecule has 0 bridgehead atoms. The van der Waals surface area contributed by atoms with Crippen LogP contribution < -0.4 is 20.9 Å². The predicted molar refractivity (Wildman–Crippen MR) is 64.5 cm³/mol. The summed E-state index contributed by atoms with van der Waals surface area (Å²) in [6.07, 6.45) is 0. The highest BCUT2D eigenvalue weighted by Gasteiger charge is 2.15. The van der Waals surface area contributed by atoms with Crippen LogP contribution in [0.25, 0.3) is 10.9 Å². The molecule has 1 aromatic heterocycles. The second-order valence-electron chi connectivity index (χ2n) is 3.53. The highest BCUT2D eigenvalue weighted by molar-refractivity contribution is 5.95. The van der Waals surface area contributed by atoms with E-state index in [-0.39, 0.29) is 0 Å². The summed E-state index contributed by atoms with van der Waals surface area (Å²) in [4.78, 5) is 15.4. The Morgan fingerprint density at radius 2 is 2.00 bits per heavy atom. The standard InChI is InChI=1S/C11H13N3O3/c1-14-10(12)8-6(13-11(14)15)4-5-7(16-2)9(8)17-3/h4-5H,12H2,1-3H3. The van der Waals surface area contributed by atoms with Crippen LogP contribution in [0.15, 0.2) is 16.9 Å². The Morgan fingerprint density at radius 3 is 2.59 bits per heavy atom. The van der Waals surface area contributed by atoms with Gasteiger partial charge in [0.05, 0.1) is 25.1 Å². The zero-order valence-electron chi connectivity index (χ0n) is 9.85. The summed E-state index contributed by atoms with van der Waals surface area (Å²) in [5, 5.41) is 0.578. The Labute approximate surface area is 97.6 Å². The molecule has 2 N–H and O–H groups in total. The van der Waals surface area contributed by atoms with E-state index in [9.17, 15) is 4.79 Å². The van der Waals surface area contributed by atoms with Crippen molar-refractivity contribution < 1.29 is 9.47 Å². The summed E-state index contributed by atoms with van der Waals surface area (Å²) >= 11 is 0. The minimum atomic E-state index is -0.401. The van der Waals surface area contributed by atoms with Crippen molar-refractivity contribution in [3.63, 3.8) is 0 Å². The van der Waals surface area contributed by atoms with E-state index >= 15 is 0 Å². The third kappa shape index (κ3) is 1.57. The summed E-state index contributed by atoms with van der Waals surface area (Å²) < 4.78 is 11.7. The van der Waals surface area contributed by atoms with Crippen LogP contribution in [-0.4, -0.2) is 23.8 Å². The molecule has 0 fully saturated rings. The number of hydrogen-bond donors (Lipinski definition) is 1. The molecule has 0 aliphatic carbocycles. The molecule has 0 saturated heterocycles. The Morgan fingerprint density at radius 1 is 1.29 bits per heavy atom. The predicted octanol–water partition coefficient (Wildman–Crippen LogP) is 0.533. The average molecular weight is 235 g/mol. The number of hydrogen-bond acceptors (Lipinski definition) is 5. The molecule has 17 heavy (non-hydrogen) atoms. The second kappa shape index (κ2) is 3.97. The maximum Gasteiger partial charge on any atom is 0.349 e. The molecular formula is C11H13N3O3. The molecule has 0 saturated carbocycles. The molecule has 2 aromatic rings. The van der Waals surface area contributed by atoms with Crippen molar-refractivity contribution in [3.8, 4) is 11.5 Å². The van der Waals surface area contributed by atoms with E-state index in [1.165, 1.54) is 18.8 Å². The van der Waals surface area contributed by atoms with Gasteiger partial charge in [-0.05, 0) is 12.1 Å². The van der Waals surface area contributed by atoms with Crippen molar-refractivity contribution in [2.45, 2.75) is 0 Å². The number of benzene rings is 1. The summed E-state index contributed by atoms with van der Waals surface area (Å²) in [6, 6.07) is 3.36. The van der Waals surface area contributed by atoms with E-state index in [4.69, 9.17) is 15.2 Å². The smallest absolute Gasteiger partial charge is 0.349 e. The molecule has 1 heterocycles. The molecule has 2 rings (SSSR count). The Hall–Kier alpha value is -2.24. The van der Waals surface area contributed by atoms with Gasteiger partial charge in [-0.2, -0.15) is 4.98 Å². The third-order valence-corrected chi connectivity index (χ3v) is 2.64. The quantitative estimate of drug-likeness (QED) is 0.821. The number of rotatable bonds is 2. The molecule has 0 atom stereocenters. The van der Waals surface area contributed by atoms with Gasteiger partial charge in [-0.3, -0.25) is 4.57 Å². The molecule has 1 aromatic carbocycles. The Bertz CT molecular complexity index is 634. The van der Waals surface area contributed by atoms with Crippen LogP contribution in [0, 0.1) is 0 Å². The molecule has 0 spiro atoms. The van der Waals surface area contributed by atoms with E-state index in [0.717, 1.165) is 0 Å². The van der Waals surface area contributed by atoms with E-state index < -0.39 is 5.69 Å². The van der Waals surface area contributed by atoms with Crippen LogP contribution in [0.2, 0.25) is 0 Å². The van der Waals surface area contributed by atoms with Gasteiger partial charge >= 0.3 is 5.69 Å². The maximum atomic E-state index is 11.5. The molecular weight excluding hydrogens is 222 g/mol. The lowest BCUT2D eigenvalue weighted by atomic mass is 10.2. The monoisotopic (exact) mass is 235 g/mol. The summed E-state index contributed by atoms with van der Waals surface area (Å²) in [7, 11) is 4.61. The minimum absolute atomic E-state index is 0.302. The lowest BCUT2D eigenvalue weighted by Gasteiger charge is -2.13. The number of methoxy groups -OCH3 is 2. The number of nitrogen functional groups attached to an aromatic ring is 1. The maximum absolute atomic E-state index is 11.5. The largest absolute Gasteiger partial charge is 0.493 e. The fourth-order valence-corrected chi connectivity index (χ4v) is 1.71. The number of fused-ring (bicyclic) bond motifs is 1. The highest BCUT2D eigenvalue weighted by Crippen LogP contribution is 2.36. The van der Waals surface area contributed by atoms with Crippen molar-refractivity contribution in [1.82, 2.24) is 9.55 Å². The van der Waals surface area contributed by atoms with Gasteiger partial charge in [-0.25, -0.2) is 4.79 Å². The average Bonchev–Trinajstić information content (AvgIpc) is 2.34. The molecule has 6 nitrogen and oxygen atoms in total. The van der Waals surface area contributed by atoms with Crippen molar-refractivity contribution in [1.29, 1.82) is 0 Å². The molecule has 0 radical (unpaired) electrons. The molecule has 90 valence electrons. The second-order valence-corrected chi connectivity index (χ2v) is 3.53. The van der Waals surface area contributed by atoms with Crippen molar-refractivity contribution in [2.75, 3.05) is 20.0 Å². The zero-order valence-corrected chi connectivity index (χ0v) is 9.85. The number of ether oxygens (including phenoxy) is 2. The number of nitrogens with two attached hydrogens (primary N) is 1. The van der Waals surface area contributed by atoms with Crippen molar-refractivity contribution >= 4 is 16.7 Å². The lowest BCUT2D eigenvalue weighted by molar-refractivity contribution is 0.358. The lowest BCUT2D eigenvalue weighted by Crippen LogP contribution is -2.22. The van der Waals surface area contributed by atoms with Gasteiger partial charge in [0.2, 0.25) is 0 Å². The van der Waals surface area contributed by atoms with Gasteiger partial charge in [0.1, 0.15) is 5.82 Å². The van der Waals surface area contributed by atoms with Crippen molar-refractivity contribution in [2.24, 2.45) is 7.05 Å². The van der Waals surface area contributed by atoms with E-state index in [1.807, 2.05) is 0 Å². The van der Waals surface area contributed by atoms with Crippen LogP contribution in [0.5, 0.6) is 11.5 Å². The zero-order chi connectivity index (χ0) is 12.6. The minimum Gasteiger partial charge on any atom is -0.493 e. The highest BCUT2D eigenvalue weighted by atomic mass is 16.5. The van der Waals surface area contributed by atoms with Crippen LogP contribution in [-0.2, 0) is 7.05 Å². The van der Waals surface area contributed by atoms with E-state index in [1.54, 1.807) is 19.2 Å². The molecule has 0 aliphatic rings. The van der Waals surface area contributed by atoms with Gasteiger partial charge in [-0.15, -0.1) is 0 Å². The first-order valence-corrected chi connectivity index (χ1v) is 4.97. The van der Waals surface area contributed by atoms with Crippen LogP contribution in [0.1, 0.15) is 0 Å². The number of aromatic nitrogens is 2. The van der Waals surface area contributed by atoms with Gasteiger partial charge in [0.15, 0.2) is 11.5 Å². The fourth-order valence-electron chi connectivity index (χ4n) is 1.71. The first-order valence-electron chi connectivity index (χ1n) is 4.97. The molecule has 0 aliphatic heterocycles. The van der Waals surface area contributed by atoms with Crippen LogP contribution in [0.3, 0.4) is 0 Å². The van der Waals surface area contributed by atoms with E-state index in [0.29, 0.717) is 28.2 Å². The topological polar surface area (TPSA) is 79.4 Å². The normalized spacial score (nSPS) is 10.5. The Kier molecular flexibility index (Phi) is 2.63. The summed E-state index contributed by atoms with van der Waals surface area (Å²) in [5.41, 5.74) is 5.99. The van der Waals surface area contributed by atoms with Crippen LogP contribution >= 0.6 is 0 Å².